The minimum absolute atomic E-state index is 0.170. The van der Waals surface area contributed by atoms with Gasteiger partial charge in [0.2, 0.25) is 0 Å². The van der Waals surface area contributed by atoms with Crippen molar-refractivity contribution in [3.8, 4) is 0 Å². The van der Waals surface area contributed by atoms with Crippen LogP contribution >= 0.6 is 12.2 Å². The van der Waals surface area contributed by atoms with Crippen LogP contribution in [0, 0.1) is 0 Å². The molecule has 0 amide bonds. The topological polar surface area (TPSA) is 29.5 Å². The zero-order valence-corrected chi connectivity index (χ0v) is 4.78. The highest BCUT2D eigenvalue weighted by Crippen LogP contribution is 1.75. The van der Waals surface area contributed by atoms with Crippen molar-refractivity contribution in [3.05, 3.63) is 0 Å². The fraction of sp³-hybridized carbons (Fsp3) is 0.750. The Labute approximate surface area is 48.1 Å². The van der Waals surface area contributed by atoms with Crippen LogP contribution in [0.5, 0.6) is 0 Å². The molecule has 2 nitrogen and oxygen atoms in total. The first-order valence-corrected chi connectivity index (χ1v) is 2.55. The number of aliphatic hydroxyl groups is 1. The van der Waals surface area contributed by atoms with E-state index in [9.17, 15) is 0 Å². The Morgan fingerprint density at radius 2 is 2.43 bits per heavy atom. The lowest BCUT2D eigenvalue weighted by atomic mass is 10.5. The molecule has 0 rings (SSSR count). The van der Waals surface area contributed by atoms with Crippen molar-refractivity contribution in [2.24, 2.45) is 0 Å². The Morgan fingerprint density at radius 3 is 2.86 bits per heavy atom. The van der Waals surface area contributed by atoms with Gasteiger partial charge in [0, 0.05) is 13.0 Å². The van der Waals surface area contributed by atoms with Crippen molar-refractivity contribution in [2.75, 3.05) is 13.2 Å². The molecule has 7 heavy (non-hydrogen) atoms. The van der Waals surface area contributed by atoms with E-state index in [1.165, 1.54) is 5.55 Å². The van der Waals surface area contributed by atoms with Gasteiger partial charge in [0.15, 0.2) is 0 Å². The molecule has 0 aromatic heterocycles. The van der Waals surface area contributed by atoms with Gasteiger partial charge in [0.1, 0.15) is 5.55 Å². The molecule has 0 aromatic carbocycles. The third-order valence-electron chi connectivity index (χ3n) is 0.488. The maximum absolute atomic E-state index is 8.16. The van der Waals surface area contributed by atoms with E-state index >= 15 is 0 Å². The third-order valence-corrected chi connectivity index (χ3v) is 0.624. The van der Waals surface area contributed by atoms with Crippen molar-refractivity contribution >= 4 is 17.8 Å². The molecule has 0 aromatic rings. The van der Waals surface area contributed by atoms with Crippen molar-refractivity contribution in [1.29, 1.82) is 0 Å². The van der Waals surface area contributed by atoms with Crippen molar-refractivity contribution in [1.82, 2.24) is 0 Å². The molecule has 0 unspecified atom stereocenters. The molecule has 0 spiro atoms. The van der Waals surface area contributed by atoms with E-state index in [-0.39, 0.29) is 6.61 Å². The molecule has 0 radical (unpaired) electrons. The summed E-state index contributed by atoms with van der Waals surface area (Å²) in [4.78, 5) is 0. The molecule has 0 aliphatic heterocycles. The van der Waals surface area contributed by atoms with Crippen LogP contribution in [0.15, 0.2) is 0 Å². The number of hydrogen-bond acceptors (Lipinski definition) is 3. The molecule has 0 aliphatic rings. The van der Waals surface area contributed by atoms with Gasteiger partial charge in [-0.25, -0.2) is 0 Å². The van der Waals surface area contributed by atoms with Gasteiger partial charge in [-0.1, -0.05) is 0 Å². The molecule has 0 heterocycles. The third kappa shape index (κ3) is 5.85. The zero-order valence-electron chi connectivity index (χ0n) is 3.96. The average Bonchev–Trinajstić information content (AvgIpc) is 1.69. The van der Waals surface area contributed by atoms with Crippen LogP contribution in [-0.2, 0) is 4.74 Å². The second kappa shape index (κ2) is 5.85. The van der Waals surface area contributed by atoms with Crippen LogP contribution in [0.2, 0.25) is 0 Å². The molecule has 42 valence electrons. The van der Waals surface area contributed by atoms with Crippen LogP contribution in [0.4, 0.5) is 0 Å². The number of ether oxygens (including phenoxy) is 1. The van der Waals surface area contributed by atoms with Crippen molar-refractivity contribution < 1.29 is 9.84 Å². The van der Waals surface area contributed by atoms with E-state index in [0.717, 1.165) is 0 Å². The highest BCUT2D eigenvalue weighted by Gasteiger charge is 1.77. The molecular weight excluding hydrogens is 112 g/mol. The van der Waals surface area contributed by atoms with Crippen molar-refractivity contribution in [2.45, 2.75) is 6.42 Å². The van der Waals surface area contributed by atoms with E-state index in [2.05, 4.69) is 17.0 Å². The summed E-state index contributed by atoms with van der Waals surface area (Å²) in [5, 5.41) is 8.16. The van der Waals surface area contributed by atoms with Crippen LogP contribution in [0.25, 0.3) is 0 Å². The summed E-state index contributed by atoms with van der Waals surface area (Å²) in [6.07, 6.45) is 0.660. The van der Waals surface area contributed by atoms with Crippen LogP contribution in [0.1, 0.15) is 6.42 Å². The summed E-state index contributed by atoms with van der Waals surface area (Å²) in [6.45, 7) is 0.698. The van der Waals surface area contributed by atoms with Crippen LogP contribution in [0.3, 0.4) is 0 Å². The number of rotatable bonds is 4. The van der Waals surface area contributed by atoms with Gasteiger partial charge >= 0.3 is 0 Å². The monoisotopic (exact) mass is 120 g/mol. The Kier molecular flexibility index (Phi) is 5.72. The molecule has 3 heteroatoms. The summed E-state index contributed by atoms with van der Waals surface area (Å²) < 4.78 is 4.60. The normalized spacial score (nSPS) is 8.14. The predicted octanol–water partition coefficient (Wildman–Crippen LogP) is 0.343. The summed E-state index contributed by atoms with van der Waals surface area (Å²) in [5.41, 5.74) is 1.20. The van der Waals surface area contributed by atoms with Gasteiger partial charge < -0.3 is 9.84 Å². The SMILES string of the molecule is OCCCOC=S. The Bertz CT molecular complexity index is 47.0. The Hall–Kier alpha value is -0.150. The first-order chi connectivity index (χ1) is 3.41. The van der Waals surface area contributed by atoms with Gasteiger partial charge in [-0.2, -0.15) is 0 Å². The number of aliphatic hydroxyl groups excluding tert-OH is 1. The standard InChI is InChI=1S/C4H8O2S/c5-2-1-3-6-4-7/h4-5H,1-3H2. The van der Waals surface area contributed by atoms with Gasteiger partial charge in [-0.05, 0) is 12.2 Å². The van der Waals surface area contributed by atoms with Gasteiger partial charge in [0.25, 0.3) is 0 Å². The average molecular weight is 120 g/mol. The fourth-order valence-electron chi connectivity index (χ4n) is 0.196. The molecule has 0 atom stereocenters. The summed E-state index contributed by atoms with van der Waals surface area (Å²) >= 11 is 4.34. The molecule has 0 bridgehead atoms. The summed E-state index contributed by atoms with van der Waals surface area (Å²) in [6, 6.07) is 0. The van der Waals surface area contributed by atoms with Crippen LogP contribution < -0.4 is 0 Å². The zero-order chi connectivity index (χ0) is 5.54. The molecular formula is C4H8O2S. The van der Waals surface area contributed by atoms with Crippen molar-refractivity contribution in [3.63, 3.8) is 0 Å². The molecule has 0 aliphatic carbocycles. The van der Waals surface area contributed by atoms with Gasteiger partial charge in [-0.15, -0.1) is 0 Å². The quantitative estimate of drug-likeness (QED) is 0.428. The maximum atomic E-state index is 8.16. The minimum Gasteiger partial charge on any atom is -0.490 e. The molecule has 0 saturated carbocycles. The molecule has 0 fully saturated rings. The highest BCUT2D eigenvalue weighted by molar-refractivity contribution is 7.78. The molecule has 0 saturated heterocycles. The largest absolute Gasteiger partial charge is 0.490 e. The van der Waals surface area contributed by atoms with Gasteiger partial charge in [0.05, 0.1) is 6.61 Å². The number of thiocarbonyl (C=S) groups is 1. The lowest BCUT2D eigenvalue weighted by molar-refractivity contribution is 0.235. The highest BCUT2D eigenvalue weighted by atomic mass is 32.1. The van der Waals surface area contributed by atoms with E-state index in [1.807, 2.05) is 0 Å². The first-order valence-electron chi connectivity index (χ1n) is 2.08. The summed E-state index contributed by atoms with van der Waals surface area (Å²) in [5.74, 6) is 0. The lowest BCUT2D eigenvalue weighted by Crippen LogP contribution is -1.92. The summed E-state index contributed by atoms with van der Waals surface area (Å²) in [7, 11) is 0. The maximum Gasteiger partial charge on any atom is 0.146 e. The van der Waals surface area contributed by atoms with Gasteiger partial charge in [-0.3, -0.25) is 0 Å². The first kappa shape index (κ1) is 6.85. The van der Waals surface area contributed by atoms with E-state index in [1.54, 1.807) is 0 Å². The Morgan fingerprint density at radius 1 is 1.71 bits per heavy atom. The second-order valence-corrected chi connectivity index (χ2v) is 1.24. The number of hydrogen-bond donors (Lipinski definition) is 1. The Balaban J connectivity index is 2.56. The fourth-order valence-corrected chi connectivity index (χ4v) is 0.292. The van der Waals surface area contributed by atoms with E-state index in [4.69, 9.17) is 5.11 Å². The predicted molar refractivity (Wildman–Crippen MR) is 31.3 cm³/mol. The van der Waals surface area contributed by atoms with Crippen LogP contribution in [-0.4, -0.2) is 23.9 Å². The molecule has 1 N–H and O–H groups in total. The smallest absolute Gasteiger partial charge is 0.146 e. The lowest BCUT2D eigenvalue weighted by Gasteiger charge is -1.92. The second-order valence-electron chi connectivity index (χ2n) is 1.04. The van der Waals surface area contributed by atoms with E-state index < -0.39 is 0 Å². The van der Waals surface area contributed by atoms with E-state index in [0.29, 0.717) is 13.0 Å². The minimum atomic E-state index is 0.170.